The Bertz CT molecular complexity index is 695. The first-order valence-electron chi connectivity index (χ1n) is 9.03. The fraction of sp³-hybridized carbons (Fsp3) is 0.600. The molecule has 1 aliphatic heterocycles. The predicted molar refractivity (Wildman–Crippen MR) is 88.8 cm³/mol. The van der Waals surface area contributed by atoms with Crippen molar-refractivity contribution in [3.8, 4) is 0 Å². The Morgan fingerprint density at radius 1 is 1.38 bits per heavy atom. The van der Waals surface area contributed by atoms with E-state index in [4.69, 9.17) is 9.47 Å². The van der Waals surface area contributed by atoms with Crippen LogP contribution in [-0.2, 0) is 20.7 Å². The molecule has 4 heteroatoms. The van der Waals surface area contributed by atoms with E-state index in [2.05, 4.69) is 13.0 Å². The molecule has 1 aromatic carbocycles. The zero-order valence-corrected chi connectivity index (χ0v) is 14.3. The van der Waals surface area contributed by atoms with E-state index >= 15 is 0 Å². The molecule has 0 bridgehead atoms. The largest absolute Gasteiger partial charge is 0.462 e. The second kappa shape index (κ2) is 5.61. The molecule has 24 heavy (non-hydrogen) atoms. The molecule has 1 saturated carbocycles. The molecule has 3 aliphatic rings. The number of rotatable bonds is 2. The average molecular weight is 328 g/mol. The van der Waals surface area contributed by atoms with Gasteiger partial charge in [0, 0.05) is 5.92 Å². The summed E-state index contributed by atoms with van der Waals surface area (Å²) in [7, 11) is 0. The summed E-state index contributed by atoms with van der Waals surface area (Å²) in [4.78, 5) is 23.8. The van der Waals surface area contributed by atoms with E-state index in [1.807, 2.05) is 19.1 Å². The van der Waals surface area contributed by atoms with Gasteiger partial charge in [-0.25, -0.2) is 4.79 Å². The Labute approximate surface area is 142 Å². The van der Waals surface area contributed by atoms with Crippen LogP contribution in [0.25, 0.3) is 0 Å². The van der Waals surface area contributed by atoms with Crippen LogP contribution in [0.1, 0.15) is 66.9 Å². The maximum absolute atomic E-state index is 12.0. The molecule has 0 N–H and O–H groups in total. The second-order valence-electron chi connectivity index (χ2n) is 7.58. The van der Waals surface area contributed by atoms with Crippen LogP contribution in [0.4, 0.5) is 0 Å². The summed E-state index contributed by atoms with van der Waals surface area (Å²) in [5.74, 6) is 1.05. The molecular formula is C20H24O4. The quantitative estimate of drug-likeness (QED) is 0.778. The Kier molecular flexibility index (Phi) is 3.66. The number of fused-ring (bicyclic) bond motifs is 5. The summed E-state index contributed by atoms with van der Waals surface area (Å²) in [6, 6.07) is 6.01. The highest BCUT2D eigenvalue weighted by atomic mass is 16.6. The summed E-state index contributed by atoms with van der Waals surface area (Å²) < 4.78 is 10.8. The van der Waals surface area contributed by atoms with Crippen molar-refractivity contribution < 1.29 is 19.1 Å². The first-order chi connectivity index (χ1) is 11.5. The monoisotopic (exact) mass is 328 g/mol. The van der Waals surface area contributed by atoms with Gasteiger partial charge in [-0.05, 0) is 74.6 Å². The minimum Gasteiger partial charge on any atom is -0.462 e. The summed E-state index contributed by atoms with van der Waals surface area (Å²) in [5, 5.41) is 0. The van der Waals surface area contributed by atoms with Gasteiger partial charge in [0.25, 0.3) is 0 Å². The molecule has 0 unspecified atom stereocenters. The molecule has 4 atom stereocenters. The van der Waals surface area contributed by atoms with Crippen LogP contribution in [0.15, 0.2) is 18.2 Å². The standard InChI is InChI=1S/C20H24O4/c1-3-23-19(22)13-5-6-14-12(10-13)4-7-16-15(14)8-9-20(2)17(16)11-18(21)24-20/h5-6,10,15-17H,3-4,7-9,11H2,1-2H3/t15-,16-,17+,20+/m1/s1. The van der Waals surface area contributed by atoms with Gasteiger partial charge in [-0.2, -0.15) is 0 Å². The van der Waals surface area contributed by atoms with Crippen molar-refractivity contribution in [2.75, 3.05) is 6.61 Å². The van der Waals surface area contributed by atoms with Gasteiger partial charge in [0.15, 0.2) is 0 Å². The van der Waals surface area contributed by atoms with Crippen molar-refractivity contribution >= 4 is 11.9 Å². The molecule has 2 fully saturated rings. The molecule has 4 nitrogen and oxygen atoms in total. The first kappa shape index (κ1) is 15.7. The number of aryl methyl sites for hydroxylation is 1. The average Bonchev–Trinajstić information content (AvgIpc) is 2.88. The number of hydrogen-bond acceptors (Lipinski definition) is 4. The van der Waals surface area contributed by atoms with Gasteiger partial charge >= 0.3 is 11.9 Å². The minimum absolute atomic E-state index is 0.0356. The van der Waals surface area contributed by atoms with Gasteiger partial charge in [-0.15, -0.1) is 0 Å². The van der Waals surface area contributed by atoms with Crippen LogP contribution < -0.4 is 0 Å². The number of ether oxygens (including phenoxy) is 2. The predicted octanol–water partition coefficient (Wildman–Crippen LogP) is 3.62. The van der Waals surface area contributed by atoms with E-state index < -0.39 is 0 Å². The van der Waals surface area contributed by atoms with Crippen LogP contribution in [0, 0.1) is 11.8 Å². The molecule has 128 valence electrons. The number of carbonyl (C=O) groups excluding carboxylic acids is 2. The Balaban J connectivity index is 1.63. The van der Waals surface area contributed by atoms with Crippen molar-refractivity contribution in [1.29, 1.82) is 0 Å². The molecular weight excluding hydrogens is 304 g/mol. The summed E-state index contributed by atoms with van der Waals surface area (Å²) >= 11 is 0. The van der Waals surface area contributed by atoms with Crippen molar-refractivity contribution in [1.82, 2.24) is 0 Å². The van der Waals surface area contributed by atoms with Gasteiger partial charge in [0.2, 0.25) is 0 Å². The Morgan fingerprint density at radius 3 is 3.00 bits per heavy atom. The van der Waals surface area contributed by atoms with Gasteiger partial charge in [-0.1, -0.05) is 6.07 Å². The highest BCUT2D eigenvalue weighted by molar-refractivity contribution is 5.89. The van der Waals surface area contributed by atoms with Crippen molar-refractivity contribution in [3.63, 3.8) is 0 Å². The number of benzene rings is 1. The molecule has 0 radical (unpaired) electrons. The van der Waals surface area contributed by atoms with Crippen molar-refractivity contribution in [2.45, 2.75) is 57.5 Å². The molecule has 1 aromatic rings. The lowest BCUT2D eigenvalue weighted by molar-refractivity contribution is -0.150. The van der Waals surface area contributed by atoms with Gasteiger partial charge < -0.3 is 9.47 Å². The molecule has 1 heterocycles. The third-order valence-electron chi connectivity index (χ3n) is 6.30. The summed E-state index contributed by atoms with van der Waals surface area (Å²) in [5.41, 5.74) is 3.02. The van der Waals surface area contributed by atoms with Crippen LogP contribution in [-0.4, -0.2) is 24.1 Å². The van der Waals surface area contributed by atoms with E-state index in [1.165, 1.54) is 11.1 Å². The lowest BCUT2D eigenvalue weighted by Gasteiger charge is -2.47. The Morgan fingerprint density at radius 2 is 2.21 bits per heavy atom. The zero-order valence-electron chi connectivity index (χ0n) is 14.3. The molecule has 1 saturated heterocycles. The first-order valence-corrected chi connectivity index (χ1v) is 9.03. The smallest absolute Gasteiger partial charge is 0.338 e. The van der Waals surface area contributed by atoms with Gasteiger partial charge in [-0.3, -0.25) is 4.79 Å². The number of carbonyl (C=O) groups is 2. The molecule has 0 amide bonds. The highest BCUT2D eigenvalue weighted by Gasteiger charge is 2.54. The fourth-order valence-corrected chi connectivity index (χ4v) is 5.19. The summed E-state index contributed by atoms with van der Waals surface area (Å²) in [6.07, 6.45) is 4.58. The van der Waals surface area contributed by atoms with E-state index in [0.717, 1.165) is 25.7 Å². The lowest BCUT2D eigenvalue weighted by Crippen LogP contribution is -2.44. The van der Waals surface area contributed by atoms with Crippen molar-refractivity contribution in [3.05, 3.63) is 34.9 Å². The van der Waals surface area contributed by atoms with Crippen LogP contribution in [0.3, 0.4) is 0 Å². The zero-order chi connectivity index (χ0) is 16.9. The van der Waals surface area contributed by atoms with Gasteiger partial charge in [0.05, 0.1) is 18.6 Å². The van der Waals surface area contributed by atoms with Crippen LogP contribution in [0.5, 0.6) is 0 Å². The minimum atomic E-state index is -0.263. The van der Waals surface area contributed by atoms with Crippen LogP contribution in [0.2, 0.25) is 0 Å². The lowest BCUT2D eigenvalue weighted by atomic mass is 9.58. The third-order valence-corrected chi connectivity index (χ3v) is 6.30. The van der Waals surface area contributed by atoms with E-state index in [0.29, 0.717) is 36.3 Å². The van der Waals surface area contributed by atoms with E-state index in [9.17, 15) is 9.59 Å². The number of esters is 2. The van der Waals surface area contributed by atoms with E-state index in [1.54, 1.807) is 0 Å². The number of hydrogen-bond donors (Lipinski definition) is 0. The molecule has 0 spiro atoms. The maximum atomic E-state index is 12.0. The normalized spacial score (nSPS) is 33.9. The Hall–Kier alpha value is -1.84. The molecule has 0 aromatic heterocycles. The van der Waals surface area contributed by atoms with Crippen LogP contribution >= 0.6 is 0 Å². The second-order valence-corrected chi connectivity index (χ2v) is 7.58. The highest BCUT2D eigenvalue weighted by Crippen LogP contribution is 2.55. The van der Waals surface area contributed by atoms with Gasteiger partial charge in [0.1, 0.15) is 5.60 Å². The summed E-state index contributed by atoms with van der Waals surface area (Å²) in [6.45, 7) is 4.33. The third kappa shape index (κ3) is 2.35. The maximum Gasteiger partial charge on any atom is 0.338 e. The van der Waals surface area contributed by atoms with Crippen molar-refractivity contribution in [2.24, 2.45) is 11.8 Å². The topological polar surface area (TPSA) is 52.6 Å². The fourth-order valence-electron chi connectivity index (χ4n) is 5.19. The van der Waals surface area contributed by atoms with E-state index in [-0.39, 0.29) is 17.5 Å². The SMILES string of the molecule is CCOC(=O)c1ccc2c(c1)CC[C@@H]1[C@@H]2CC[C@]2(C)OC(=O)C[C@@H]12. The molecule has 4 rings (SSSR count). The molecule has 2 aliphatic carbocycles.